The Hall–Kier alpha value is -1.84. The average Bonchev–Trinajstić information content (AvgIpc) is 2.96. The summed E-state index contributed by atoms with van der Waals surface area (Å²) >= 11 is 0. The van der Waals surface area contributed by atoms with Crippen molar-refractivity contribution in [2.45, 2.75) is 31.7 Å². The molecule has 0 amide bonds. The van der Waals surface area contributed by atoms with Gasteiger partial charge in [0.1, 0.15) is 12.4 Å². The highest BCUT2D eigenvalue weighted by atomic mass is 16.5. The number of hydrogen-bond donors (Lipinski definition) is 1. The van der Waals surface area contributed by atoms with Crippen molar-refractivity contribution in [3.8, 4) is 5.75 Å². The van der Waals surface area contributed by atoms with E-state index in [1.54, 1.807) is 0 Å². The monoisotopic (exact) mass is 295 g/mol. The summed E-state index contributed by atoms with van der Waals surface area (Å²) < 4.78 is 12.2. The van der Waals surface area contributed by atoms with E-state index in [1.165, 1.54) is 16.7 Å². The van der Waals surface area contributed by atoms with Crippen LogP contribution in [0.2, 0.25) is 0 Å². The molecular formula is C19H21NO2. The van der Waals surface area contributed by atoms with Crippen molar-refractivity contribution in [3.05, 3.63) is 65.2 Å². The lowest BCUT2D eigenvalue weighted by atomic mass is 9.81. The predicted molar refractivity (Wildman–Crippen MR) is 86.0 cm³/mol. The van der Waals surface area contributed by atoms with Crippen LogP contribution >= 0.6 is 0 Å². The van der Waals surface area contributed by atoms with Gasteiger partial charge in [-0.2, -0.15) is 0 Å². The first-order valence-corrected chi connectivity index (χ1v) is 7.89. The van der Waals surface area contributed by atoms with Crippen LogP contribution in [0.5, 0.6) is 5.75 Å². The van der Waals surface area contributed by atoms with E-state index >= 15 is 0 Å². The van der Waals surface area contributed by atoms with Crippen molar-refractivity contribution < 1.29 is 9.47 Å². The van der Waals surface area contributed by atoms with Crippen LogP contribution in [-0.4, -0.2) is 18.7 Å². The minimum atomic E-state index is -0.0783. The van der Waals surface area contributed by atoms with Gasteiger partial charge in [-0.05, 0) is 24.1 Å². The van der Waals surface area contributed by atoms with Gasteiger partial charge >= 0.3 is 0 Å². The van der Waals surface area contributed by atoms with Crippen molar-refractivity contribution in [1.29, 1.82) is 0 Å². The van der Waals surface area contributed by atoms with Crippen LogP contribution in [0.4, 0.5) is 0 Å². The molecule has 2 atom stereocenters. The van der Waals surface area contributed by atoms with Gasteiger partial charge in [-0.25, -0.2) is 0 Å². The molecule has 2 aliphatic rings. The van der Waals surface area contributed by atoms with Crippen molar-refractivity contribution in [3.63, 3.8) is 0 Å². The summed E-state index contributed by atoms with van der Waals surface area (Å²) in [5.41, 5.74) is 3.70. The van der Waals surface area contributed by atoms with E-state index in [4.69, 9.17) is 9.47 Å². The van der Waals surface area contributed by atoms with Gasteiger partial charge in [0.15, 0.2) is 0 Å². The highest BCUT2D eigenvalue weighted by Gasteiger charge is 2.45. The maximum absolute atomic E-state index is 6.17. The fraction of sp³-hybridized carbons (Fsp3) is 0.368. The maximum Gasteiger partial charge on any atom is 0.125 e. The van der Waals surface area contributed by atoms with Gasteiger partial charge < -0.3 is 14.8 Å². The first kappa shape index (κ1) is 13.8. The van der Waals surface area contributed by atoms with E-state index in [0.717, 1.165) is 18.8 Å². The Kier molecular flexibility index (Phi) is 3.40. The third-order valence-electron chi connectivity index (χ3n) is 4.89. The molecule has 2 aliphatic heterocycles. The quantitative estimate of drug-likeness (QED) is 0.943. The van der Waals surface area contributed by atoms with E-state index in [2.05, 4.69) is 42.6 Å². The zero-order valence-corrected chi connectivity index (χ0v) is 12.8. The molecule has 1 fully saturated rings. The molecule has 114 valence electrons. The summed E-state index contributed by atoms with van der Waals surface area (Å²) in [6.07, 6.45) is 0. The fourth-order valence-corrected chi connectivity index (χ4v) is 3.57. The summed E-state index contributed by atoms with van der Waals surface area (Å²) in [5.74, 6) is 1.37. The van der Waals surface area contributed by atoms with Crippen molar-refractivity contribution in [2.75, 3.05) is 13.1 Å². The molecule has 3 nitrogen and oxygen atoms in total. The first-order chi connectivity index (χ1) is 10.8. The Balaban J connectivity index is 1.60. The van der Waals surface area contributed by atoms with Gasteiger partial charge in [-0.3, -0.25) is 0 Å². The molecule has 22 heavy (non-hydrogen) atoms. The second kappa shape index (κ2) is 5.41. The van der Waals surface area contributed by atoms with E-state index in [-0.39, 0.29) is 5.60 Å². The lowest BCUT2D eigenvalue weighted by Crippen LogP contribution is -2.39. The summed E-state index contributed by atoms with van der Waals surface area (Å²) in [4.78, 5) is 0. The number of rotatable bonds is 3. The number of hydrogen-bond acceptors (Lipinski definition) is 3. The standard InChI is InChI=1S/C19H21NO2/c1-19-13-20-10-17(19)15-8-5-9-18(16(15)12-22-19)21-11-14-6-3-2-4-7-14/h2-9,17,20H,10-13H2,1H3. The second-order valence-electron chi connectivity index (χ2n) is 6.38. The lowest BCUT2D eigenvalue weighted by Gasteiger charge is -2.37. The third kappa shape index (κ3) is 2.31. The van der Waals surface area contributed by atoms with Crippen molar-refractivity contribution >= 4 is 0 Å². The number of benzene rings is 2. The van der Waals surface area contributed by atoms with Gasteiger partial charge in [0, 0.05) is 24.6 Å². The Morgan fingerprint density at radius 2 is 2.05 bits per heavy atom. The molecule has 1 N–H and O–H groups in total. The Labute approximate surface area is 131 Å². The van der Waals surface area contributed by atoms with E-state index in [1.807, 2.05) is 18.2 Å². The van der Waals surface area contributed by atoms with E-state index in [0.29, 0.717) is 19.1 Å². The van der Waals surface area contributed by atoms with Crippen molar-refractivity contribution in [1.82, 2.24) is 5.32 Å². The van der Waals surface area contributed by atoms with Crippen LogP contribution in [0.1, 0.15) is 29.5 Å². The third-order valence-corrected chi connectivity index (χ3v) is 4.89. The van der Waals surface area contributed by atoms with Crippen LogP contribution in [0.15, 0.2) is 48.5 Å². The predicted octanol–water partition coefficient (Wildman–Crippen LogP) is 3.24. The molecule has 4 rings (SSSR count). The van der Waals surface area contributed by atoms with Crippen LogP contribution in [0.3, 0.4) is 0 Å². The second-order valence-corrected chi connectivity index (χ2v) is 6.38. The Morgan fingerprint density at radius 3 is 2.91 bits per heavy atom. The molecule has 0 aromatic heterocycles. The normalized spacial score (nSPS) is 26.3. The van der Waals surface area contributed by atoms with Crippen molar-refractivity contribution in [2.24, 2.45) is 0 Å². The highest BCUT2D eigenvalue weighted by Crippen LogP contribution is 2.43. The summed E-state index contributed by atoms with van der Waals surface area (Å²) in [7, 11) is 0. The smallest absolute Gasteiger partial charge is 0.125 e. The van der Waals surface area contributed by atoms with Crippen LogP contribution in [-0.2, 0) is 18.0 Å². The molecule has 0 bridgehead atoms. The largest absolute Gasteiger partial charge is 0.489 e. The summed E-state index contributed by atoms with van der Waals surface area (Å²) in [6.45, 7) is 5.34. The lowest BCUT2D eigenvalue weighted by molar-refractivity contribution is -0.0527. The molecule has 2 unspecified atom stereocenters. The molecular weight excluding hydrogens is 274 g/mol. The topological polar surface area (TPSA) is 30.5 Å². The summed E-state index contributed by atoms with van der Waals surface area (Å²) in [6, 6.07) is 16.7. The zero-order chi connectivity index (χ0) is 15.0. The molecule has 0 saturated carbocycles. The maximum atomic E-state index is 6.17. The first-order valence-electron chi connectivity index (χ1n) is 7.89. The zero-order valence-electron chi connectivity index (χ0n) is 12.8. The Morgan fingerprint density at radius 1 is 1.18 bits per heavy atom. The Bertz CT molecular complexity index is 670. The molecule has 3 heteroatoms. The van der Waals surface area contributed by atoms with Crippen LogP contribution in [0, 0.1) is 0 Å². The van der Waals surface area contributed by atoms with Gasteiger partial charge in [0.05, 0.1) is 12.2 Å². The number of fused-ring (bicyclic) bond motifs is 3. The molecule has 0 spiro atoms. The van der Waals surface area contributed by atoms with E-state index < -0.39 is 0 Å². The molecule has 2 heterocycles. The molecule has 0 aliphatic carbocycles. The fourth-order valence-electron chi connectivity index (χ4n) is 3.57. The van der Waals surface area contributed by atoms with Gasteiger partial charge in [-0.1, -0.05) is 42.5 Å². The minimum Gasteiger partial charge on any atom is -0.489 e. The highest BCUT2D eigenvalue weighted by molar-refractivity contribution is 5.45. The van der Waals surface area contributed by atoms with Gasteiger partial charge in [-0.15, -0.1) is 0 Å². The van der Waals surface area contributed by atoms with Crippen LogP contribution in [0.25, 0.3) is 0 Å². The van der Waals surface area contributed by atoms with Gasteiger partial charge in [0.2, 0.25) is 0 Å². The average molecular weight is 295 g/mol. The van der Waals surface area contributed by atoms with Gasteiger partial charge in [0.25, 0.3) is 0 Å². The summed E-state index contributed by atoms with van der Waals surface area (Å²) in [5, 5.41) is 3.46. The number of ether oxygens (including phenoxy) is 2. The molecule has 0 radical (unpaired) electrons. The SMILES string of the molecule is CC12CNCC1c1cccc(OCc3ccccc3)c1CO2. The molecule has 2 aromatic carbocycles. The minimum absolute atomic E-state index is 0.0783. The molecule has 2 aromatic rings. The molecule has 1 saturated heterocycles. The van der Waals surface area contributed by atoms with Crippen LogP contribution < -0.4 is 10.1 Å². The number of nitrogens with one attached hydrogen (secondary N) is 1. The van der Waals surface area contributed by atoms with E-state index in [9.17, 15) is 0 Å².